The highest BCUT2D eigenvalue weighted by Gasteiger charge is 2.51. The molecular formula is C12H11BrO3. The van der Waals surface area contributed by atoms with Crippen molar-refractivity contribution >= 4 is 27.7 Å². The lowest BCUT2D eigenvalue weighted by Gasteiger charge is -2.21. The summed E-state index contributed by atoms with van der Waals surface area (Å²) < 4.78 is 4.74. The fraction of sp³-hybridized carbons (Fsp3) is 0.333. The van der Waals surface area contributed by atoms with Crippen LogP contribution in [0.2, 0.25) is 0 Å². The van der Waals surface area contributed by atoms with Crippen LogP contribution in [-0.4, -0.2) is 24.2 Å². The molecule has 3 nitrogen and oxygen atoms in total. The van der Waals surface area contributed by atoms with Crippen LogP contribution in [0.25, 0.3) is 0 Å². The van der Waals surface area contributed by atoms with E-state index in [4.69, 9.17) is 4.74 Å². The van der Waals surface area contributed by atoms with Gasteiger partial charge in [0.1, 0.15) is 5.41 Å². The molecule has 0 aliphatic heterocycles. The summed E-state index contributed by atoms with van der Waals surface area (Å²) in [6.45, 7) is 0. The lowest BCUT2D eigenvalue weighted by atomic mass is 9.86. The van der Waals surface area contributed by atoms with Gasteiger partial charge in [0.15, 0.2) is 5.78 Å². The number of fused-ring (bicyclic) bond motifs is 1. The molecule has 0 fully saturated rings. The third-order valence-corrected chi connectivity index (χ3v) is 3.95. The summed E-state index contributed by atoms with van der Waals surface area (Å²) in [6.07, 6.45) is 0.417. The van der Waals surface area contributed by atoms with Crippen molar-refractivity contribution in [2.75, 3.05) is 12.4 Å². The van der Waals surface area contributed by atoms with Gasteiger partial charge in [-0.2, -0.15) is 0 Å². The van der Waals surface area contributed by atoms with Gasteiger partial charge in [-0.25, -0.2) is 0 Å². The van der Waals surface area contributed by atoms with Crippen molar-refractivity contribution in [3.8, 4) is 0 Å². The van der Waals surface area contributed by atoms with Gasteiger partial charge in [0.05, 0.1) is 7.11 Å². The number of Topliss-reactive ketones (excluding diaryl/α,β-unsaturated/α-hetero) is 1. The number of carbonyl (C=O) groups excluding carboxylic acids is 2. The Morgan fingerprint density at radius 2 is 2.19 bits per heavy atom. The molecule has 0 aromatic heterocycles. The molecule has 1 atom stereocenters. The summed E-state index contributed by atoms with van der Waals surface area (Å²) >= 11 is 3.25. The number of benzene rings is 1. The smallest absolute Gasteiger partial charge is 0.320 e. The number of ether oxygens (including phenoxy) is 1. The molecule has 16 heavy (non-hydrogen) atoms. The highest BCUT2D eigenvalue weighted by molar-refractivity contribution is 9.09. The first-order valence-corrected chi connectivity index (χ1v) is 6.05. The van der Waals surface area contributed by atoms with Crippen LogP contribution in [0.3, 0.4) is 0 Å². The number of esters is 1. The first-order chi connectivity index (χ1) is 7.65. The Morgan fingerprint density at radius 1 is 1.50 bits per heavy atom. The van der Waals surface area contributed by atoms with Crippen molar-refractivity contribution in [2.24, 2.45) is 5.41 Å². The van der Waals surface area contributed by atoms with Gasteiger partial charge in [-0.1, -0.05) is 40.2 Å². The number of methoxy groups -OCH3 is 1. The highest BCUT2D eigenvalue weighted by Crippen LogP contribution is 2.39. The second-order valence-electron chi connectivity index (χ2n) is 3.87. The maximum atomic E-state index is 12.2. The third-order valence-electron chi connectivity index (χ3n) is 2.99. The lowest BCUT2D eigenvalue weighted by molar-refractivity contribution is -0.148. The number of carbonyl (C=O) groups is 2. The van der Waals surface area contributed by atoms with E-state index in [1.165, 1.54) is 7.11 Å². The first kappa shape index (κ1) is 11.3. The molecule has 0 amide bonds. The van der Waals surface area contributed by atoms with Crippen LogP contribution in [0.5, 0.6) is 0 Å². The van der Waals surface area contributed by atoms with Crippen LogP contribution >= 0.6 is 15.9 Å². The van der Waals surface area contributed by atoms with E-state index in [0.29, 0.717) is 17.3 Å². The van der Waals surface area contributed by atoms with E-state index in [1.807, 2.05) is 12.1 Å². The van der Waals surface area contributed by atoms with Crippen LogP contribution < -0.4 is 0 Å². The molecule has 1 aromatic carbocycles. The minimum atomic E-state index is -1.07. The molecule has 1 aromatic rings. The Hall–Kier alpha value is -1.16. The van der Waals surface area contributed by atoms with Crippen LogP contribution in [0, 0.1) is 5.41 Å². The molecule has 0 radical (unpaired) electrons. The minimum Gasteiger partial charge on any atom is -0.468 e. The minimum absolute atomic E-state index is 0.146. The Morgan fingerprint density at radius 3 is 2.75 bits per heavy atom. The summed E-state index contributed by atoms with van der Waals surface area (Å²) in [5, 5.41) is 0.292. The van der Waals surface area contributed by atoms with Crippen molar-refractivity contribution in [3.63, 3.8) is 0 Å². The number of ketones is 1. The molecule has 2 rings (SSSR count). The maximum absolute atomic E-state index is 12.2. The topological polar surface area (TPSA) is 43.4 Å². The van der Waals surface area contributed by atoms with Gasteiger partial charge in [-0.3, -0.25) is 9.59 Å². The molecule has 1 unspecified atom stereocenters. The summed E-state index contributed by atoms with van der Waals surface area (Å²) in [6, 6.07) is 7.30. The molecule has 0 N–H and O–H groups in total. The number of halogens is 1. The van der Waals surface area contributed by atoms with Crippen LogP contribution in [0.15, 0.2) is 24.3 Å². The predicted octanol–water partition coefficient (Wildman–Crippen LogP) is 1.98. The van der Waals surface area contributed by atoms with Gasteiger partial charge in [-0.05, 0) is 12.0 Å². The average molecular weight is 283 g/mol. The van der Waals surface area contributed by atoms with Gasteiger partial charge in [-0.15, -0.1) is 0 Å². The van der Waals surface area contributed by atoms with Crippen molar-refractivity contribution in [1.82, 2.24) is 0 Å². The van der Waals surface area contributed by atoms with Crippen LogP contribution in [0.4, 0.5) is 0 Å². The number of hydrogen-bond acceptors (Lipinski definition) is 3. The van der Waals surface area contributed by atoms with Crippen LogP contribution in [-0.2, 0) is 16.0 Å². The Kier molecular flexibility index (Phi) is 2.84. The number of rotatable bonds is 2. The second-order valence-corrected chi connectivity index (χ2v) is 4.43. The normalized spacial score (nSPS) is 23.0. The molecule has 1 aliphatic carbocycles. The number of hydrogen-bond donors (Lipinski definition) is 0. The zero-order chi connectivity index (χ0) is 11.8. The van der Waals surface area contributed by atoms with Gasteiger partial charge >= 0.3 is 5.97 Å². The molecule has 1 aliphatic rings. The third kappa shape index (κ3) is 1.40. The standard InChI is InChI=1S/C12H11BrO3/c1-16-11(15)12(7-13)6-8-4-2-3-5-9(8)10(12)14/h2-5H,6-7H2,1H3. The molecular weight excluding hydrogens is 272 g/mol. The van der Waals surface area contributed by atoms with E-state index in [2.05, 4.69) is 15.9 Å². The number of alkyl halides is 1. The monoisotopic (exact) mass is 282 g/mol. The molecule has 0 spiro atoms. The van der Waals surface area contributed by atoms with E-state index in [0.717, 1.165) is 5.56 Å². The molecule has 4 heteroatoms. The lowest BCUT2D eigenvalue weighted by Crippen LogP contribution is -2.39. The summed E-state index contributed by atoms with van der Waals surface area (Å²) in [4.78, 5) is 24.0. The zero-order valence-corrected chi connectivity index (χ0v) is 10.4. The highest BCUT2D eigenvalue weighted by atomic mass is 79.9. The molecule has 0 bridgehead atoms. The predicted molar refractivity (Wildman–Crippen MR) is 62.7 cm³/mol. The van der Waals surface area contributed by atoms with Crippen LogP contribution in [0.1, 0.15) is 15.9 Å². The van der Waals surface area contributed by atoms with Crippen molar-refractivity contribution in [3.05, 3.63) is 35.4 Å². The van der Waals surface area contributed by atoms with Crippen molar-refractivity contribution in [1.29, 1.82) is 0 Å². The SMILES string of the molecule is COC(=O)C1(CBr)Cc2ccccc2C1=O. The van der Waals surface area contributed by atoms with Gasteiger partial charge in [0.2, 0.25) is 0 Å². The van der Waals surface area contributed by atoms with Gasteiger partial charge < -0.3 is 4.74 Å². The molecule has 0 saturated carbocycles. The average Bonchev–Trinajstić information content (AvgIpc) is 2.63. The summed E-state index contributed by atoms with van der Waals surface area (Å²) in [5.74, 6) is -0.614. The fourth-order valence-corrected chi connectivity index (χ4v) is 2.76. The second kappa shape index (κ2) is 4.01. The zero-order valence-electron chi connectivity index (χ0n) is 8.83. The van der Waals surface area contributed by atoms with Gasteiger partial charge in [0.25, 0.3) is 0 Å². The Balaban J connectivity index is 2.49. The molecule has 0 heterocycles. The quantitative estimate of drug-likeness (QED) is 0.473. The van der Waals surface area contributed by atoms with E-state index in [-0.39, 0.29) is 5.78 Å². The van der Waals surface area contributed by atoms with Crippen molar-refractivity contribution < 1.29 is 14.3 Å². The molecule has 84 valence electrons. The van der Waals surface area contributed by atoms with Crippen molar-refractivity contribution in [2.45, 2.75) is 6.42 Å². The van der Waals surface area contributed by atoms with E-state index < -0.39 is 11.4 Å². The van der Waals surface area contributed by atoms with E-state index in [1.54, 1.807) is 12.1 Å². The summed E-state index contributed by atoms with van der Waals surface area (Å²) in [7, 11) is 1.31. The first-order valence-electron chi connectivity index (χ1n) is 4.93. The van der Waals surface area contributed by atoms with Gasteiger partial charge in [0, 0.05) is 10.9 Å². The van der Waals surface area contributed by atoms with E-state index >= 15 is 0 Å². The maximum Gasteiger partial charge on any atom is 0.320 e. The fourth-order valence-electron chi connectivity index (χ4n) is 2.08. The Bertz CT molecular complexity index is 455. The van der Waals surface area contributed by atoms with E-state index in [9.17, 15) is 9.59 Å². The summed E-state index contributed by atoms with van der Waals surface area (Å²) in [5.41, 5.74) is 0.475. The Labute approximate surface area is 102 Å². The molecule has 0 saturated heterocycles. The largest absolute Gasteiger partial charge is 0.468 e.